The highest BCUT2D eigenvalue weighted by atomic mass is 19.4. The fraction of sp³-hybridized carbons (Fsp3) is 0.357. The normalized spacial score (nSPS) is 16.3. The quantitative estimate of drug-likeness (QED) is 0.332. The van der Waals surface area contributed by atoms with Crippen molar-refractivity contribution < 1.29 is 31.8 Å². The number of anilines is 1. The van der Waals surface area contributed by atoms with Crippen LogP contribution in [-0.4, -0.2) is 83.0 Å². The van der Waals surface area contributed by atoms with Crippen molar-refractivity contribution in [1.82, 2.24) is 24.5 Å². The molecule has 42 heavy (non-hydrogen) atoms. The molecule has 2 saturated heterocycles. The summed E-state index contributed by atoms with van der Waals surface area (Å²) in [7, 11) is 0. The van der Waals surface area contributed by atoms with Gasteiger partial charge in [-0.15, -0.1) is 5.10 Å². The zero-order valence-electron chi connectivity index (χ0n) is 22.3. The van der Waals surface area contributed by atoms with E-state index in [2.05, 4.69) is 10.3 Å². The zero-order chi connectivity index (χ0) is 29.4. The number of carbonyl (C=O) groups excluding carboxylic acids is 1. The van der Waals surface area contributed by atoms with Crippen molar-refractivity contribution in [2.75, 3.05) is 57.5 Å². The number of fused-ring (bicyclic) bond motifs is 1. The standard InChI is InChI=1S/C28H26F4N6O4/c29-23-13-21-24(14-25(23)35-5-9-41-10-6-35)37(17-22(26(21)39)27(40)36-7-11-42-12-8-36)15-19-16-38(34-33-19)20-3-1-18(2-4-20)28(30,31)32/h1-4,13-14,16-17H,5-12,15H2. The Balaban J connectivity index is 1.40. The summed E-state index contributed by atoms with van der Waals surface area (Å²) in [6.07, 6.45) is -1.48. The Labute approximate surface area is 236 Å². The average Bonchev–Trinajstić information content (AvgIpc) is 3.47. The molecule has 0 bridgehead atoms. The van der Waals surface area contributed by atoms with E-state index in [1.807, 2.05) is 4.90 Å². The fourth-order valence-electron chi connectivity index (χ4n) is 5.14. The minimum absolute atomic E-state index is 0.0405. The van der Waals surface area contributed by atoms with E-state index in [1.165, 1.54) is 27.9 Å². The van der Waals surface area contributed by atoms with Gasteiger partial charge in [-0.2, -0.15) is 13.2 Å². The van der Waals surface area contributed by atoms with E-state index in [0.29, 0.717) is 75.2 Å². The third-order valence-electron chi connectivity index (χ3n) is 7.36. The first-order chi connectivity index (χ1) is 20.2. The number of hydrogen-bond donors (Lipinski definition) is 0. The van der Waals surface area contributed by atoms with Crippen LogP contribution in [0.3, 0.4) is 0 Å². The second kappa shape index (κ2) is 11.2. The summed E-state index contributed by atoms with van der Waals surface area (Å²) in [6.45, 7) is 3.20. The highest BCUT2D eigenvalue weighted by Crippen LogP contribution is 2.30. The summed E-state index contributed by atoms with van der Waals surface area (Å²) in [5.41, 5.74) is -0.0120. The Morgan fingerprint density at radius 1 is 0.929 bits per heavy atom. The van der Waals surface area contributed by atoms with Crippen LogP contribution in [0.1, 0.15) is 21.6 Å². The van der Waals surface area contributed by atoms with Crippen LogP contribution in [0.2, 0.25) is 0 Å². The minimum Gasteiger partial charge on any atom is -0.378 e. The molecule has 0 radical (unpaired) electrons. The number of hydrogen-bond acceptors (Lipinski definition) is 7. The van der Waals surface area contributed by atoms with E-state index < -0.39 is 28.9 Å². The lowest BCUT2D eigenvalue weighted by Gasteiger charge is -2.30. The topological polar surface area (TPSA) is 94.7 Å². The van der Waals surface area contributed by atoms with Gasteiger partial charge in [-0.25, -0.2) is 9.07 Å². The fourth-order valence-corrected chi connectivity index (χ4v) is 5.14. The first-order valence-corrected chi connectivity index (χ1v) is 13.3. The first-order valence-electron chi connectivity index (χ1n) is 13.3. The summed E-state index contributed by atoms with van der Waals surface area (Å²) < 4.78 is 68.0. The van der Waals surface area contributed by atoms with Crippen molar-refractivity contribution in [3.05, 3.63) is 81.7 Å². The van der Waals surface area contributed by atoms with Gasteiger partial charge in [-0.3, -0.25) is 9.59 Å². The third-order valence-corrected chi connectivity index (χ3v) is 7.36. The van der Waals surface area contributed by atoms with Crippen molar-refractivity contribution >= 4 is 22.5 Å². The Hall–Kier alpha value is -4.30. The van der Waals surface area contributed by atoms with E-state index >= 15 is 4.39 Å². The van der Waals surface area contributed by atoms with Crippen LogP contribution >= 0.6 is 0 Å². The Morgan fingerprint density at radius 2 is 1.60 bits per heavy atom. The van der Waals surface area contributed by atoms with Crippen molar-refractivity contribution in [3.63, 3.8) is 0 Å². The molecule has 2 aromatic carbocycles. The molecule has 14 heteroatoms. The Kier molecular flexibility index (Phi) is 7.41. The Morgan fingerprint density at radius 3 is 2.26 bits per heavy atom. The lowest BCUT2D eigenvalue weighted by atomic mass is 10.1. The largest absolute Gasteiger partial charge is 0.416 e. The molecule has 2 aromatic heterocycles. The lowest BCUT2D eigenvalue weighted by molar-refractivity contribution is -0.137. The number of halogens is 4. The SMILES string of the molecule is O=C(c1cn(Cc2cn(-c3ccc(C(F)(F)F)cc3)nn2)c2cc(N3CCOCC3)c(F)cc2c1=O)N1CCOCC1. The summed E-state index contributed by atoms with van der Waals surface area (Å²) in [5.74, 6) is -1.07. The van der Waals surface area contributed by atoms with Gasteiger partial charge >= 0.3 is 6.18 Å². The maximum absolute atomic E-state index is 15.4. The molecule has 6 rings (SSSR count). The summed E-state index contributed by atoms with van der Waals surface area (Å²) in [4.78, 5) is 30.3. The molecule has 2 aliphatic heterocycles. The van der Waals surface area contributed by atoms with E-state index in [0.717, 1.165) is 18.2 Å². The second-order valence-corrected chi connectivity index (χ2v) is 10.0. The van der Waals surface area contributed by atoms with E-state index in [9.17, 15) is 22.8 Å². The maximum atomic E-state index is 15.4. The molecule has 220 valence electrons. The number of carbonyl (C=O) groups is 1. The Bertz CT molecular complexity index is 1670. The van der Waals surface area contributed by atoms with Gasteiger partial charge in [0.2, 0.25) is 5.43 Å². The smallest absolute Gasteiger partial charge is 0.378 e. The molecule has 1 amide bonds. The van der Waals surface area contributed by atoms with E-state index in [4.69, 9.17) is 9.47 Å². The molecule has 4 heterocycles. The maximum Gasteiger partial charge on any atom is 0.416 e. The molecule has 2 fully saturated rings. The predicted molar refractivity (Wildman–Crippen MR) is 143 cm³/mol. The molecule has 0 aliphatic carbocycles. The van der Waals surface area contributed by atoms with Crippen LogP contribution in [0, 0.1) is 5.82 Å². The number of nitrogens with zero attached hydrogens (tertiary/aromatic N) is 6. The number of aromatic nitrogens is 4. The molecule has 0 unspecified atom stereocenters. The molecular weight excluding hydrogens is 560 g/mol. The van der Waals surface area contributed by atoms with Crippen LogP contribution in [0.15, 0.2) is 53.6 Å². The molecule has 4 aromatic rings. The van der Waals surface area contributed by atoms with E-state index in [-0.39, 0.29) is 17.5 Å². The number of pyridine rings is 1. The monoisotopic (exact) mass is 586 g/mol. The molecule has 2 aliphatic rings. The molecule has 0 spiro atoms. The zero-order valence-corrected chi connectivity index (χ0v) is 22.3. The van der Waals surface area contributed by atoms with Gasteiger partial charge in [0, 0.05) is 37.8 Å². The van der Waals surface area contributed by atoms with Crippen LogP contribution in [0.4, 0.5) is 23.2 Å². The number of benzene rings is 2. The number of morpholine rings is 2. The molecule has 10 nitrogen and oxygen atoms in total. The van der Waals surface area contributed by atoms with Crippen molar-refractivity contribution in [1.29, 1.82) is 0 Å². The van der Waals surface area contributed by atoms with Gasteiger partial charge in [0.05, 0.1) is 61.6 Å². The predicted octanol–water partition coefficient (Wildman–Crippen LogP) is 3.10. The average molecular weight is 587 g/mol. The third kappa shape index (κ3) is 5.46. The highest BCUT2D eigenvalue weighted by molar-refractivity contribution is 5.98. The molecule has 0 saturated carbocycles. The van der Waals surface area contributed by atoms with Gasteiger partial charge in [0.1, 0.15) is 17.1 Å². The number of amides is 1. The van der Waals surface area contributed by atoms with Crippen molar-refractivity contribution in [3.8, 4) is 5.69 Å². The van der Waals surface area contributed by atoms with Gasteiger partial charge in [0.25, 0.3) is 5.91 Å². The second-order valence-electron chi connectivity index (χ2n) is 10.0. The number of rotatable bonds is 5. The highest BCUT2D eigenvalue weighted by Gasteiger charge is 2.30. The molecule has 0 N–H and O–H groups in total. The lowest BCUT2D eigenvalue weighted by Crippen LogP contribution is -2.42. The van der Waals surface area contributed by atoms with Crippen LogP contribution in [0.25, 0.3) is 16.6 Å². The summed E-state index contributed by atoms with van der Waals surface area (Å²) in [5, 5.41) is 8.25. The first kappa shape index (κ1) is 27.8. The molecule has 0 atom stereocenters. The van der Waals surface area contributed by atoms with Crippen LogP contribution in [-0.2, 0) is 22.2 Å². The van der Waals surface area contributed by atoms with Gasteiger partial charge in [0.15, 0.2) is 0 Å². The number of alkyl halides is 3. The number of ether oxygens (including phenoxy) is 2. The van der Waals surface area contributed by atoms with Gasteiger partial charge < -0.3 is 23.8 Å². The van der Waals surface area contributed by atoms with E-state index in [1.54, 1.807) is 16.8 Å². The van der Waals surface area contributed by atoms with Crippen LogP contribution in [0.5, 0.6) is 0 Å². The minimum atomic E-state index is -4.46. The van der Waals surface area contributed by atoms with Crippen molar-refractivity contribution in [2.24, 2.45) is 0 Å². The van der Waals surface area contributed by atoms with Crippen molar-refractivity contribution in [2.45, 2.75) is 12.7 Å². The van der Waals surface area contributed by atoms with Crippen LogP contribution < -0.4 is 10.3 Å². The van der Waals surface area contributed by atoms with Gasteiger partial charge in [-0.1, -0.05) is 5.21 Å². The van der Waals surface area contributed by atoms with Gasteiger partial charge in [-0.05, 0) is 36.4 Å². The molecular formula is C28H26F4N6O4. The summed E-state index contributed by atoms with van der Waals surface area (Å²) in [6, 6.07) is 7.22. The summed E-state index contributed by atoms with van der Waals surface area (Å²) >= 11 is 0.